The van der Waals surface area contributed by atoms with Gasteiger partial charge < -0.3 is 5.11 Å². The van der Waals surface area contributed by atoms with Gasteiger partial charge in [0.25, 0.3) is 0 Å². The van der Waals surface area contributed by atoms with E-state index in [2.05, 4.69) is 4.06 Å². The van der Waals surface area contributed by atoms with E-state index < -0.39 is 12.0 Å². The maximum absolute atomic E-state index is 11.0. The number of rotatable bonds is 6. The van der Waals surface area contributed by atoms with Gasteiger partial charge in [-0.15, -0.1) is 0 Å². The molecule has 1 atom stereocenters. The fraction of sp³-hybridized carbons (Fsp3) is 0.133. The van der Waals surface area contributed by atoms with Gasteiger partial charge in [0.15, 0.2) is 0 Å². The Kier molecular flexibility index (Phi) is 5.31. The third-order valence-electron chi connectivity index (χ3n) is 2.98. The summed E-state index contributed by atoms with van der Waals surface area (Å²) < 4.78 is 8.51. The third kappa shape index (κ3) is 4.55. The summed E-state index contributed by atoms with van der Waals surface area (Å²) in [5, 5.41) is 18.2. The predicted molar refractivity (Wildman–Crippen MR) is 72.9 cm³/mol. The van der Waals surface area contributed by atoms with Crippen LogP contribution < -0.4 is 8.80 Å². The maximum atomic E-state index is 11.0. The zero-order valence-electron chi connectivity index (χ0n) is 11.3. The molecule has 21 heavy (non-hydrogen) atoms. The molecule has 2 rings (SSSR count). The van der Waals surface area contributed by atoms with Crippen LogP contribution in [0, 0.1) is 0 Å². The van der Waals surface area contributed by atoms with Gasteiger partial charge in [-0.2, -0.15) is 0 Å². The number of phenols is 1. The standard InChI is InChI=1S/C15H14NO4.Zn/c16-14(15(18)19)9-10-1-5-12(6-2-10)20-13-7-3-11(17)4-8-13;/h1-8,14,16-17H,9H2,(H,18,19);/q-1;+1/t14-;/m0./s1. The number of nitrogens with one attached hydrogen (secondary N) is 1. The minimum absolute atomic E-state index is 0.188. The van der Waals surface area contributed by atoms with Gasteiger partial charge in [-0.25, -0.2) is 0 Å². The fourth-order valence-electron chi connectivity index (χ4n) is 1.83. The predicted octanol–water partition coefficient (Wildman–Crippen LogP) is 2.23. The Hall–Kier alpha value is -1.91. The van der Waals surface area contributed by atoms with Crippen LogP contribution in [0.4, 0.5) is 0 Å². The van der Waals surface area contributed by atoms with E-state index >= 15 is 0 Å². The van der Waals surface area contributed by atoms with Gasteiger partial charge in [0.2, 0.25) is 0 Å². The first-order valence-corrected chi connectivity index (χ1v) is 7.88. The molecule has 0 unspecified atom stereocenters. The Morgan fingerprint density at radius 3 is 2.10 bits per heavy atom. The first kappa shape index (κ1) is 15.5. The summed E-state index contributed by atoms with van der Waals surface area (Å²) in [4.78, 5) is 11.0. The van der Waals surface area contributed by atoms with Crippen molar-refractivity contribution in [1.29, 1.82) is 0 Å². The molecule has 105 valence electrons. The van der Waals surface area contributed by atoms with Crippen LogP contribution in [-0.4, -0.2) is 22.2 Å². The molecule has 2 aromatic carbocycles. The van der Waals surface area contributed by atoms with Crippen molar-refractivity contribution < 1.29 is 38.3 Å². The zero-order valence-corrected chi connectivity index (χ0v) is 14.3. The molecule has 0 fully saturated rings. The van der Waals surface area contributed by atoms with E-state index in [1.54, 1.807) is 36.4 Å². The molecule has 6 heteroatoms. The first-order valence-electron chi connectivity index (χ1n) is 6.40. The number of hydrogen-bond acceptors (Lipinski definition) is 4. The van der Waals surface area contributed by atoms with Crippen LogP contribution >= 0.6 is 0 Å². The van der Waals surface area contributed by atoms with E-state index in [-0.39, 0.29) is 5.75 Å². The molecule has 0 saturated carbocycles. The first-order chi connectivity index (χ1) is 10.1. The van der Waals surface area contributed by atoms with E-state index in [1.807, 2.05) is 12.1 Å². The van der Waals surface area contributed by atoms with Crippen molar-refractivity contribution in [3.63, 3.8) is 0 Å². The molecule has 0 bridgehead atoms. The number of carboxylic acids is 1. The molecule has 0 amide bonds. The molecular weight excluding hydrogens is 324 g/mol. The van der Waals surface area contributed by atoms with Crippen molar-refractivity contribution in [2.75, 3.05) is 0 Å². The minimum atomic E-state index is -0.842. The second-order valence-corrected chi connectivity index (χ2v) is 5.40. The van der Waals surface area contributed by atoms with E-state index in [1.165, 1.54) is 0 Å². The van der Waals surface area contributed by atoms with Gasteiger partial charge in [-0.05, 0) is 0 Å². The van der Waals surface area contributed by atoms with Crippen LogP contribution in [0.5, 0.6) is 17.2 Å². The van der Waals surface area contributed by atoms with Gasteiger partial charge in [0.1, 0.15) is 0 Å². The molecule has 5 nitrogen and oxygen atoms in total. The summed E-state index contributed by atoms with van der Waals surface area (Å²) in [6.07, 6.45) is 0.439. The average Bonchev–Trinajstić information content (AvgIpc) is 2.48. The van der Waals surface area contributed by atoms with Crippen molar-refractivity contribution >= 4 is 5.97 Å². The van der Waals surface area contributed by atoms with Crippen LogP contribution in [0.1, 0.15) is 5.56 Å². The number of carbonyl (C=O) groups is 1. The molecule has 0 aliphatic carbocycles. The second-order valence-electron chi connectivity index (χ2n) is 4.54. The number of carboxylic acid groups (broad SMARTS) is 1. The number of ether oxygens (including phenoxy) is 1. The van der Waals surface area contributed by atoms with Crippen molar-refractivity contribution in [2.24, 2.45) is 0 Å². The molecule has 0 saturated heterocycles. The van der Waals surface area contributed by atoms with Crippen LogP contribution in [0.15, 0.2) is 48.5 Å². The number of hydrogen-bond donors (Lipinski definition) is 3. The molecule has 0 aliphatic rings. The van der Waals surface area contributed by atoms with Gasteiger partial charge in [-0.1, -0.05) is 0 Å². The van der Waals surface area contributed by atoms with Crippen molar-refractivity contribution in [1.82, 2.24) is 4.06 Å². The van der Waals surface area contributed by atoms with Crippen molar-refractivity contribution in [2.45, 2.75) is 12.5 Å². The van der Waals surface area contributed by atoms with Gasteiger partial charge in [0.05, 0.1) is 0 Å². The molecule has 0 heterocycles. The quantitative estimate of drug-likeness (QED) is 0.705. The third-order valence-corrected chi connectivity index (χ3v) is 4.01. The van der Waals surface area contributed by atoms with Crippen LogP contribution in [0.3, 0.4) is 0 Å². The summed E-state index contributed by atoms with van der Waals surface area (Å²) in [5.41, 5.74) is 0.932. The number of benzene rings is 2. The Bertz CT molecular complexity index is 598. The van der Waals surface area contributed by atoms with Crippen molar-refractivity contribution in [3.05, 3.63) is 54.1 Å². The number of aromatic hydroxyl groups is 1. The molecular formula is C15H14NO4Zn. The Balaban J connectivity index is 2.01. The van der Waals surface area contributed by atoms with Gasteiger partial charge in [0, 0.05) is 0 Å². The Morgan fingerprint density at radius 1 is 1.10 bits per heavy atom. The normalized spacial score (nSPS) is 11.9. The van der Waals surface area contributed by atoms with E-state index in [4.69, 9.17) is 9.84 Å². The monoisotopic (exact) mass is 336 g/mol. The van der Waals surface area contributed by atoms with E-state index in [0.717, 1.165) is 24.1 Å². The van der Waals surface area contributed by atoms with Crippen molar-refractivity contribution in [3.8, 4) is 17.2 Å². The Morgan fingerprint density at radius 2 is 1.62 bits per heavy atom. The van der Waals surface area contributed by atoms with Gasteiger partial charge >= 0.3 is 127 Å². The molecule has 0 aliphatic heterocycles. The summed E-state index contributed by atoms with van der Waals surface area (Å²) >= 11 is 0.735. The topological polar surface area (TPSA) is 78.8 Å². The fourth-order valence-corrected chi connectivity index (χ4v) is 2.50. The molecule has 0 radical (unpaired) electrons. The summed E-state index contributed by atoms with van der Waals surface area (Å²) in [5.74, 6) is 0.636. The molecule has 3 N–H and O–H groups in total. The SMILES string of the molecule is O=C(O)[C@H](Cc1ccc(Oc2ccc(O)cc2)cc1)[NH][Zn]. The number of aliphatic carboxylic acids is 1. The molecule has 2 aromatic rings. The van der Waals surface area contributed by atoms with E-state index in [0.29, 0.717) is 17.9 Å². The molecule has 0 spiro atoms. The number of phenolic OH excluding ortho intramolecular Hbond substituents is 1. The summed E-state index contributed by atoms with van der Waals surface area (Å²) in [7, 11) is 0. The second kappa shape index (κ2) is 7.20. The Labute approximate surface area is 132 Å². The summed E-state index contributed by atoms with van der Waals surface area (Å²) in [6, 6.07) is 13.2. The van der Waals surface area contributed by atoms with Crippen LogP contribution in [0.2, 0.25) is 0 Å². The van der Waals surface area contributed by atoms with Gasteiger partial charge in [-0.3, -0.25) is 0 Å². The average molecular weight is 338 g/mol. The molecule has 0 aromatic heterocycles. The summed E-state index contributed by atoms with van der Waals surface area (Å²) in [6.45, 7) is 0. The zero-order chi connectivity index (χ0) is 15.2. The van der Waals surface area contributed by atoms with E-state index in [9.17, 15) is 9.90 Å². The van der Waals surface area contributed by atoms with Crippen LogP contribution in [-0.2, 0) is 29.8 Å². The van der Waals surface area contributed by atoms with Crippen LogP contribution in [0.25, 0.3) is 0 Å².